The molecule has 1 atom stereocenters. The van der Waals surface area contributed by atoms with Crippen molar-refractivity contribution in [3.8, 4) is 17.2 Å². The number of esters is 1. The van der Waals surface area contributed by atoms with Crippen LogP contribution < -0.4 is 24.4 Å². The first kappa shape index (κ1) is 24.7. The molecule has 1 N–H and O–H groups in total. The van der Waals surface area contributed by atoms with E-state index in [1.807, 2.05) is 0 Å². The van der Waals surface area contributed by atoms with Crippen molar-refractivity contribution in [3.05, 3.63) is 83.0 Å². The number of methoxy groups -OCH3 is 2. The minimum atomic E-state index is -0.804. The Morgan fingerprint density at radius 3 is 2.49 bits per heavy atom. The number of phenolic OH excluding ortho intramolecular Hbond substituents is 1. The molecule has 0 fully saturated rings. The third kappa shape index (κ3) is 4.63. The molecule has 0 saturated carbocycles. The summed E-state index contributed by atoms with van der Waals surface area (Å²) in [4.78, 5) is 31.8. The number of rotatable bonds is 6. The molecule has 35 heavy (non-hydrogen) atoms. The number of allylic oxidation sites excluding steroid dienone is 1. The number of nitrogens with zero attached hydrogens (tertiary/aromatic N) is 2. The summed E-state index contributed by atoms with van der Waals surface area (Å²) in [5.41, 5.74) is 1.80. The van der Waals surface area contributed by atoms with Crippen LogP contribution in [0.15, 0.2) is 61.9 Å². The van der Waals surface area contributed by atoms with Gasteiger partial charge in [0.25, 0.3) is 5.56 Å². The van der Waals surface area contributed by atoms with Gasteiger partial charge in [0.2, 0.25) is 0 Å². The monoisotopic (exact) mass is 558 g/mol. The van der Waals surface area contributed by atoms with E-state index in [-0.39, 0.29) is 23.5 Å². The highest BCUT2D eigenvalue weighted by Gasteiger charge is 2.35. The van der Waals surface area contributed by atoms with Crippen molar-refractivity contribution in [1.82, 2.24) is 4.57 Å². The molecule has 8 nitrogen and oxygen atoms in total. The Bertz CT molecular complexity index is 1500. The topological polar surface area (TPSA) is 99.4 Å². The molecule has 4 rings (SSSR count). The maximum absolute atomic E-state index is 13.7. The van der Waals surface area contributed by atoms with Gasteiger partial charge >= 0.3 is 5.97 Å². The fourth-order valence-corrected chi connectivity index (χ4v) is 5.47. The number of ether oxygens (including phenoxy) is 3. The summed E-state index contributed by atoms with van der Waals surface area (Å²) in [6.45, 7) is 3.63. The molecule has 2 aromatic carbocycles. The van der Waals surface area contributed by atoms with Crippen LogP contribution in [-0.2, 0) is 9.53 Å². The van der Waals surface area contributed by atoms with E-state index in [4.69, 9.17) is 14.2 Å². The Kier molecular flexibility index (Phi) is 7.13. The van der Waals surface area contributed by atoms with E-state index in [0.717, 1.165) is 5.56 Å². The van der Waals surface area contributed by atoms with Crippen LogP contribution in [0.5, 0.6) is 17.2 Å². The minimum Gasteiger partial charge on any atom is -0.508 e. The highest BCUT2D eigenvalue weighted by molar-refractivity contribution is 9.10. The molecule has 1 unspecified atom stereocenters. The highest BCUT2D eigenvalue weighted by atomic mass is 79.9. The van der Waals surface area contributed by atoms with E-state index < -0.39 is 12.0 Å². The predicted octanol–water partition coefficient (Wildman–Crippen LogP) is 3.28. The third-order valence-corrected chi connectivity index (χ3v) is 7.18. The fourth-order valence-electron chi connectivity index (χ4n) is 3.89. The van der Waals surface area contributed by atoms with Crippen LogP contribution in [0.1, 0.15) is 31.0 Å². The van der Waals surface area contributed by atoms with Gasteiger partial charge < -0.3 is 19.3 Å². The molecular formula is C25H23BrN2O6S. The number of fused-ring (bicyclic) bond motifs is 1. The smallest absolute Gasteiger partial charge is 0.338 e. The van der Waals surface area contributed by atoms with Gasteiger partial charge in [-0.1, -0.05) is 39.4 Å². The molecule has 0 amide bonds. The number of carbonyl (C=O) groups is 1. The zero-order valence-electron chi connectivity index (χ0n) is 19.5. The van der Waals surface area contributed by atoms with Crippen LogP contribution in [0.2, 0.25) is 0 Å². The Balaban J connectivity index is 2.01. The van der Waals surface area contributed by atoms with Gasteiger partial charge in [0, 0.05) is 4.47 Å². The average molecular weight is 559 g/mol. The number of phenols is 1. The molecular weight excluding hydrogens is 536 g/mol. The van der Waals surface area contributed by atoms with E-state index in [9.17, 15) is 14.7 Å². The van der Waals surface area contributed by atoms with Gasteiger partial charge in [0.1, 0.15) is 5.75 Å². The SMILES string of the molecule is CCOC(=O)C1=C(C)N=c2s/c(=C/c3ccc(O)cc3)c(=O)n2C1c1cc(OC)c(OC)cc1Br. The van der Waals surface area contributed by atoms with Gasteiger partial charge in [-0.2, -0.15) is 0 Å². The van der Waals surface area contributed by atoms with E-state index in [0.29, 0.717) is 36.6 Å². The molecule has 182 valence electrons. The number of aromatic nitrogens is 1. The lowest BCUT2D eigenvalue weighted by molar-refractivity contribution is -0.139. The van der Waals surface area contributed by atoms with Crippen LogP contribution in [-0.4, -0.2) is 36.5 Å². The quantitative estimate of drug-likeness (QED) is 0.466. The van der Waals surface area contributed by atoms with Crippen LogP contribution in [0.4, 0.5) is 0 Å². The second kappa shape index (κ2) is 10.1. The summed E-state index contributed by atoms with van der Waals surface area (Å²) in [6.07, 6.45) is 1.73. The van der Waals surface area contributed by atoms with Crippen molar-refractivity contribution in [2.75, 3.05) is 20.8 Å². The maximum atomic E-state index is 13.7. The highest BCUT2D eigenvalue weighted by Crippen LogP contribution is 2.40. The van der Waals surface area contributed by atoms with Gasteiger partial charge in [0.05, 0.1) is 42.7 Å². The maximum Gasteiger partial charge on any atom is 0.338 e. The molecule has 1 aliphatic heterocycles. The summed E-state index contributed by atoms with van der Waals surface area (Å²) in [6, 6.07) is 9.20. The number of halogens is 1. The second-order valence-electron chi connectivity index (χ2n) is 7.62. The molecule has 1 aromatic heterocycles. The fraction of sp³-hybridized carbons (Fsp3) is 0.240. The lowest BCUT2D eigenvalue weighted by atomic mass is 9.95. The normalized spacial score (nSPS) is 15.5. The van der Waals surface area contributed by atoms with E-state index in [1.54, 1.807) is 56.3 Å². The van der Waals surface area contributed by atoms with Gasteiger partial charge in [-0.05, 0) is 55.3 Å². The number of benzene rings is 2. The largest absolute Gasteiger partial charge is 0.508 e. The molecule has 0 saturated heterocycles. The summed E-state index contributed by atoms with van der Waals surface area (Å²) >= 11 is 4.80. The van der Waals surface area contributed by atoms with Crippen LogP contribution in [0, 0.1) is 0 Å². The Morgan fingerprint density at radius 1 is 1.20 bits per heavy atom. The first-order valence-electron chi connectivity index (χ1n) is 10.7. The van der Waals surface area contributed by atoms with Crippen LogP contribution in [0.3, 0.4) is 0 Å². The average Bonchev–Trinajstić information content (AvgIpc) is 3.14. The van der Waals surface area contributed by atoms with Gasteiger partial charge in [-0.25, -0.2) is 9.79 Å². The molecule has 0 aliphatic carbocycles. The Labute approximate surface area is 213 Å². The zero-order chi connectivity index (χ0) is 25.3. The van der Waals surface area contributed by atoms with Crippen LogP contribution >= 0.6 is 27.3 Å². The first-order valence-corrected chi connectivity index (χ1v) is 12.3. The van der Waals surface area contributed by atoms with Crippen molar-refractivity contribution >= 4 is 39.3 Å². The molecule has 0 spiro atoms. The summed E-state index contributed by atoms with van der Waals surface area (Å²) in [7, 11) is 3.05. The van der Waals surface area contributed by atoms with Gasteiger partial charge in [-0.3, -0.25) is 9.36 Å². The summed E-state index contributed by atoms with van der Waals surface area (Å²) in [5, 5.41) is 9.57. The number of carbonyl (C=O) groups excluding carboxylic acids is 1. The Morgan fingerprint density at radius 2 is 1.86 bits per heavy atom. The molecule has 10 heteroatoms. The number of aromatic hydroxyl groups is 1. The van der Waals surface area contributed by atoms with E-state index in [2.05, 4.69) is 20.9 Å². The predicted molar refractivity (Wildman–Crippen MR) is 136 cm³/mol. The minimum absolute atomic E-state index is 0.136. The summed E-state index contributed by atoms with van der Waals surface area (Å²) < 4.78 is 18.8. The number of hydrogen-bond donors (Lipinski definition) is 1. The van der Waals surface area contributed by atoms with Crippen molar-refractivity contribution in [3.63, 3.8) is 0 Å². The van der Waals surface area contributed by atoms with Crippen molar-refractivity contribution in [1.29, 1.82) is 0 Å². The number of thiazole rings is 1. The second-order valence-corrected chi connectivity index (χ2v) is 9.49. The van der Waals surface area contributed by atoms with Crippen molar-refractivity contribution in [2.45, 2.75) is 19.9 Å². The standard InChI is InChI=1S/C25H23BrN2O6S/c1-5-34-24(31)21-13(2)27-25-28(22(21)16-11-18(32-3)19(33-4)12-17(16)26)23(30)20(35-25)10-14-6-8-15(29)9-7-14/h6-12,22,29H,5H2,1-4H3/b20-10+. The Hall–Kier alpha value is -3.37. The molecule has 0 bridgehead atoms. The van der Waals surface area contributed by atoms with Crippen molar-refractivity contribution in [2.24, 2.45) is 4.99 Å². The molecule has 3 aromatic rings. The van der Waals surface area contributed by atoms with Crippen molar-refractivity contribution < 1.29 is 24.1 Å². The molecule has 2 heterocycles. The molecule has 1 aliphatic rings. The lowest BCUT2D eigenvalue weighted by Crippen LogP contribution is -2.40. The van der Waals surface area contributed by atoms with Crippen LogP contribution in [0.25, 0.3) is 6.08 Å². The van der Waals surface area contributed by atoms with Gasteiger partial charge in [-0.15, -0.1) is 0 Å². The molecule has 0 radical (unpaired) electrons. The van der Waals surface area contributed by atoms with Gasteiger partial charge in [0.15, 0.2) is 16.3 Å². The first-order chi connectivity index (χ1) is 16.8. The third-order valence-electron chi connectivity index (χ3n) is 5.51. The lowest BCUT2D eigenvalue weighted by Gasteiger charge is -2.26. The van der Waals surface area contributed by atoms with E-state index in [1.165, 1.54) is 30.1 Å². The van der Waals surface area contributed by atoms with E-state index >= 15 is 0 Å². The summed E-state index contributed by atoms with van der Waals surface area (Å²) in [5.74, 6) is 0.542. The number of hydrogen-bond acceptors (Lipinski definition) is 8. The zero-order valence-corrected chi connectivity index (χ0v) is 21.9.